The van der Waals surface area contributed by atoms with Crippen LogP contribution in [0.4, 0.5) is 0 Å². The lowest BCUT2D eigenvalue weighted by Crippen LogP contribution is -1.97. The van der Waals surface area contributed by atoms with Gasteiger partial charge in [0.2, 0.25) is 0 Å². The van der Waals surface area contributed by atoms with Gasteiger partial charge in [0.05, 0.1) is 6.61 Å². The third-order valence-corrected chi connectivity index (χ3v) is 6.55. The Bertz CT molecular complexity index is 1260. The lowest BCUT2D eigenvalue weighted by Gasteiger charge is -2.14. The van der Waals surface area contributed by atoms with E-state index < -0.39 is 0 Å². The molecule has 0 bridgehead atoms. The summed E-state index contributed by atoms with van der Waals surface area (Å²) in [6, 6.07) is 28.6. The molecule has 0 saturated heterocycles. The summed E-state index contributed by atoms with van der Waals surface area (Å²) in [5.74, 6) is 0.956. The van der Waals surface area contributed by atoms with Crippen molar-refractivity contribution in [3.05, 3.63) is 78.9 Å². The number of alkyl halides is 1. The fourth-order valence-electron chi connectivity index (χ4n) is 4.46. The van der Waals surface area contributed by atoms with Crippen molar-refractivity contribution in [3.63, 3.8) is 0 Å². The van der Waals surface area contributed by atoms with Crippen LogP contribution in [0.1, 0.15) is 25.7 Å². The number of halogens is 1. The van der Waals surface area contributed by atoms with Crippen molar-refractivity contribution in [2.24, 2.45) is 0 Å². The van der Waals surface area contributed by atoms with Gasteiger partial charge in [-0.25, -0.2) is 0 Å². The zero-order valence-corrected chi connectivity index (χ0v) is 18.6. The average Bonchev–Trinajstić information content (AvgIpc) is 2.80. The van der Waals surface area contributed by atoms with Gasteiger partial charge in [-0.3, -0.25) is 0 Å². The van der Waals surface area contributed by atoms with Gasteiger partial charge in [-0.1, -0.05) is 95.5 Å². The van der Waals surface area contributed by atoms with Crippen molar-refractivity contribution in [1.29, 1.82) is 0 Å². The highest BCUT2D eigenvalue weighted by Gasteiger charge is 2.11. The Labute approximate surface area is 186 Å². The summed E-state index contributed by atoms with van der Waals surface area (Å²) in [6.07, 6.45) is 4.85. The number of ether oxygens (including phenoxy) is 1. The van der Waals surface area contributed by atoms with Crippen molar-refractivity contribution >= 4 is 48.2 Å². The second-order valence-corrected chi connectivity index (χ2v) is 8.74. The maximum absolute atomic E-state index is 5.95. The number of hydrogen-bond donors (Lipinski definition) is 0. The van der Waals surface area contributed by atoms with Crippen LogP contribution in [-0.4, -0.2) is 11.9 Å². The van der Waals surface area contributed by atoms with E-state index in [-0.39, 0.29) is 0 Å². The highest BCUT2D eigenvalue weighted by molar-refractivity contribution is 9.09. The van der Waals surface area contributed by atoms with Gasteiger partial charge in [0.1, 0.15) is 5.75 Å². The summed E-state index contributed by atoms with van der Waals surface area (Å²) in [5.41, 5.74) is 2.51. The first-order chi connectivity index (χ1) is 14.8. The summed E-state index contributed by atoms with van der Waals surface area (Å²) in [5, 5.41) is 9.07. The number of unbranched alkanes of at least 4 members (excludes halogenated alkanes) is 3. The first-order valence-corrected chi connectivity index (χ1v) is 11.9. The molecular formula is C28H25BrO. The largest absolute Gasteiger partial charge is 0.494 e. The normalized spacial score (nSPS) is 11.6. The lowest BCUT2D eigenvalue weighted by molar-refractivity contribution is 0.305. The van der Waals surface area contributed by atoms with Crippen molar-refractivity contribution in [2.45, 2.75) is 25.7 Å². The molecule has 0 saturated carbocycles. The average molecular weight is 457 g/mol. The Morgan fingerprint density at radius 3 is 2.03 bits per heavy atom. The van der Waals surface area contributed by atoms with Crippen LogP contribution in [0.2, 0.25) is 0 Å². The summed E-state index contributed by atoms with van der Waals surface area (Å²) in [6.45, 7) is 0.792. The van der Waals surface area contributed by atoms with Gasteiger partial charge in [-0.15, -0.1) is 0 Å². The van der Waals surface area contributed by atoms with Crippen LogP contribution in [0.15, 0.2) is 78.9 Å². The van der Waals surface area contributed by atoms with E-state index in [9.17, 15) is 0 Å². The van der Waals surface area contributed by atoms with Crippen molar-refractivity contribution in [1.82, 2.24) is 0 Å². The van der Waals surface area contributed by atoms with E-state index in [1.165, 1.54) is 62.7 Å². The minimum Gasteiger partial charge on any atom is -0.494 e. The number of hydrogen-bond acceptors (Lipinski definition) is 1. The molecule has 0 amide bonds. The molecule has 0 aliphatic heterocycles. The second-order valence-electron chi connectivity index (χ2n) is 7.95. The molecule has 150 valence electrons. The summed E-state index contributed by atoms with van der Waals surface area (Å²) >= 11 is 3.48. The van der Waals surface area contributed by atoms with Gasteiger partial charge in [0.15, 0.2) is 0 Å². The van der Waals surface area contributed by atoms with Gasteiger partial charge in [0, 0.05) is 5.33 Å². The SMILES string of the molecule is BrCCCCCCOc1ccc(-c2ccc3ccc4cccc5ccc2c3c45)cc1. The van der Waals surface area contributed by atoms with E-state index in [1.807, 2.05) is 0 Å². The molecule has 0 aromatic heterocycles. The third-order valence-electron chi connectivity index (χ3n) is 5.99. The van der Waals surface area contributed by atoms with Crippen LogP contribution in [-0.2, 0) is 0 Å². The Morgan fingerprint density at radius 1 is 0.600 bits per heavy atom. The standard InChI is InChI=1S/C28H25BrO/c29-18-3-1-2-4-19-30-24-14-10-20(11-15-24)25-16-12-23-9-8-21-6-5-7-22-13-17-26(25)28(23)27(21)22/h5-17H,1-4,18-19H2. The fourth-order valence-corrected chi connectivity index (χ4v) is 4.85. The van der Waals surface area contributed by atoms with Crippen molar-refractivity contribution in [2.75, 3.05) is 11.9 Å². The van der Waals surface area contributed by atoms with Gasteiger partial charge in [-0.05, 0) is 68.4 Å². The molecule has 1 nitrogen and oxygen atoms in total. The molecule has 0 atom stereocenters. The molecule has 0 heterocycles. The fraction of sp³-hybridized carbons (Fsp3) is 0.214. The molecule has 5 rings (SSSR count). The maximum Gasteiger partial charge on any atom is 0.119 e. The van der Waals surface area contributed by atoms with Crippen molar-refractivity contribution in [3.8, 4) is 16.9 Å². The minimum absolute atomic E-state index is 0.792. The molecule has 0 aliphatic carbocycles. The Balaban J connectivity index is 1.43. The monoisotopic (exact) mass is 456 g/mol. The van der Waals surface area contributed by atoms with E-state index in [2.05, 4.69) is 94.8 Å². The zero-order chi connectivity index (χ0) is 20.3. The van der Waals surface area contributed by atoms with E-state index >= 15 is 0 Å². The molecule has 5 aromatic rings. The Morgan fingerprint density at radius 2 is 1.27 bits per heavy atom. The maximum atomic E-state index is 5.95. The van der Waals surface area contributed by atoms with Crippen LogP contribution in [0.5, 0.6) is 5.75 Å². The van der Waals surface area contributed by atoms with E-state index in [0.29, 0.717) is 0 Å². The highest BCUT2D eigenvalue weighted by Crippen LogP contribution is 2.39. The molecule has 0 fully saturated rings. The zero-order valence-electron chi connectivity index (χ0n) is 17.0. The molecular weight excluding hydrogens is 432 g/mol. The van der Waals surface area contributed by atoms with Gasteiger partial charge < -0.3 is 4.74 Å². The van der Waals surface area contributed by atoms with E-state index in [0.717, 1.165) is 24.1 Å². The molecule has 0 aliphatic rings. The Hall–Kier alpha value is -2.58. The molecule has 5 aromatic carbocycles. The van der Waals surface area contributed by atoms with Crippen LogP contribution in [0, 0.1) is 0 Å². The smallest absolute Gasteiger partial charge is 0.119 e. The van der Waals surface area contributed by atoms with Gasteiger partial charge >= 0.3 is 0 Å². The van der Waals surface area contributed by atoms with Crippen molar-refractivity contribution < 1.29 is 4.74 Å². The number of rotatable bonds is 8. The van der Waals surface area contributed by atoms with Gasteiger partial charge in [0.25, 0.3) is 0 Å². The predicted octanol–water partition coefficient (Wildman–Crippen LogP) is 8.59. The van der Waals surface area contributed by atoms with Gasteiger partial charge in [-0.2, -0.15) is 0 Å². The summed E-state index contributed by atoms with van der Waals surface area (Å²) < 4.78 is 5.95. The first kappa shape index (κ1) is 19.4. The van der Waals surface area contributed by atoms with Crippen LogP contribution in [0.3, 0.4) is 0 Å². The topological polar surface area (TPSA) is 9.23 Å². The lowest BCUT2D eigenvalue weighted by atomic mass is 9.90. The summed E-state index contributed by atoms with van der Waals surface area (Å²) in [4.78, 5) is 0. The molecule has 30 heavy (non-hydrogen) atoms. The summed E-state index contributed by atoms with van der Waals surface area (Å²) in [7, 11) is 0. The third kappa shape index (κ3) is 3.65. The predicted molar refractivity (Wildman–Crippen MR) is 133 cm³/mol. The van der Waals surface area contributed by atoms with Crippen LogP contribution < -0.4 is 4.74 Å². The van der Waals surface area contributed by atoms with Crippen LogP contribution >= 0.6 is 15.9 Å². The van der Waals surface area contributed by atoms with E-state index in [4.69, 9.17) is 4.74 Å². The molecule has 0 unspecified atom stereocenters. The Kier molecular flexibility index (Phi) is 5.59. The first-order valence-electron chi connectivity index (χ1n) is 10.8. The van der Waals surface area contributed by atoms with E-state index in [1.54, 1.807) is 0 Å². The quantitative estimate of drug-likeness (QED) is 0.129. The minimum atomic E-state index is 0.792. The molecule has 0 spiro atoms. The molecule has 2 heteroatoms. The second kappa shape index (κ2) is 8.65. The molecule has 0 radical (unpaired) electrons. The highest BCUT2D eigenvalue weighted by atomic mass is 79.9. The molecule has 0 N–H and O–H groups in total. The van der Waals surface area contributed by atoms with Crippen LogP contribution in [0.25, 0.3) is 43.4 Å². The number of benzene rings is 5.